The first-order valence-corrected chi connectivity index (χ1v) is 11.3. The summed E-state index contributed by atoms with van der Waals surface area (Å²) in [5, 5.41) is 8.05. The molecule has 0 aliphatic heterocycles. The molecule has 2 aromatic heterocycles. The molecule has 2 heterocycles. The minimum atomic E-state index is -0.213. The van der Waals surface area contributed by atoms with Crippen LogP contribution in [-0.2, 0) is 17.8 Å². The van der Waals surface area contributed by atoms with Crippen LogP contribution in [0.4, 0.5) is 0 Å². The Balaban J connectivity index is 1.67. The van der Waals surface area contributed by atoms with E-state index >= 15 is 0 Å². The molecule has 0 aliphatic rings. The van der Waals surface area contributed by atoms with Crippen LogP contribution in [-0.4, -0.2) is 38.0 Å². The lowest BCUT2D eigenvalue weighted by atomic mass is 10.2. The molecule has 0 aliphatic carbocycles. The van der Waals surface area contributed by atoms with Gasteiger partial charge in [0.25, 0.3) is 0 Å². The van der Waals surface area contributed by atoms with Gasteiger partial charge in [0.2, 0.25) is 0 Å². The smallest absolute Gasteiger partial charge is 0.343 e. The average molecular weight is 458 g/mol. The molecule has 4 rings (SSSR count). The molecule has 7 nitrogen and oxygen atoms in total. The van der Waals surface area contributed by atoms with Crippen LogP contribution in [0.15, 0.2) is 58.5 Å². The molecular formula is C22H24ClN5O2S. The van der Waals surface area contributed by atoms with Gasteiger partial charge in [0, 0.05) is 31.8 Å². The van der Waals surface area contributed by atoms with Crippen LogP contribution in [0.1, 0.15) is 30.0 Å². The highest BCUT2D eigenvalue weighted by Gasteiger charge is 2.21. The number of aromatic nitrogens is 5. The fourth-order valence-corrected chi connectivity index (χ4v) is 4.70. The normalized spacial score (nSPS) is 12.5. The average Bonchev–Trinajstić information content (AvgIpc) is 3.29. The summed E-state index contributed by atoms with van der Waals surface area (Å²) in [4.78, 5) is 17.1. The van der Waals surface area contributed by atoms with Gasteiger partial charge in [0.15, 0.2) is 5.16 Å². The summed E-state index contributed by atoms with van der Waals surface area (Å²) in [5.74, 6) is 0.907. The zero-order valence-corrected chi connectivity index (χ0v) is 19.0. The van der Waals surface area contributed by atoms with Crippen molar-refractivity contribution in [1.29, 1.82) is 0 Å². The molecular weight excluding hydrogens is 434 g/mol. The summed E-state index contributed by atoms with van der Waals surface area (Å²) in [7, 11) is 1.65. The maximum absolute atomic E-state index is 12.2. The number of hydrogen-bond donors (Lipinski definition) is 1. The van der Waals surface area contributed by atoms with Gasteiger partial charge < -0.3 is 9.30 Å². The number of rotatable bonds is 9. The maximum Gasteiger partial charge on any atom is 0.343 e. The number of benzene rings is 2. The van der Waals surface area contributed by atoms with Gasteiger partial charge in [-0.15, -0.1) is 5.10 Å². The SMILES string of the molecule is COCCCn1c(SC(C)c2nc3cc(Cl)ccc3n2Cc2ccccc2)n[nH]c1=O. The van der Waals surface area contributed by atoms with E-state index in [9.17, 15) is 4.79 Å². The van der Waals surface area contributed by atoms with Gasteiger partial charge in [-0.1, -0.05) is 53.7 Å². The Kier molecular flexibility index (Phi) is 6.80. The van der Waals surface area contributed by atoms with Crippen molar-refractivity contribution in [1.82, 2.24) is 24.3 Å². The summed E-state index contributed by atoms with van der Waals surface area (Å²) in [6.45, 7) is 3.91. The van der Waals surface area contributed by atoms with Crippen molar-refractivity contribution in [2.45, 2.75) is 36.8 Å². The van der Waals surface area contributed by atoms with Gasteiger partial charge in [-0.25, -0.2) is 14.9 Å². The minimum absolute atomic E-state index is 0.0359. The van der Waals surface area contributed by atoms with Crippen LogP contribution in [0.2, 0.25) is 5.02 Å². The summed E-state index contributed by atoms with van der Waals surface area (Å²) >= 11 is 7.73. The Bertz CT molecular complexity index is 1220. The molecule has 0 saturated carbocycles. The van der Waals surface area contributed by atoms with Crippen LogP contribution in [0, 0.1) is 0 Å². The Morgan fingerprint density at radius 3 is 2.77 bits per heavy atom. The van der Waals surface area contributed by atoms with Crippen molar-refractivity contribution in [3.63, 3.8) is 0 Å². The molecule has 0 radical (unpaired) electrons. The molecule has 0 saturated heterocycles. The molecule has 1 N–H and O–H groups in total. The number of methoxy groups -OCH3 is 1. The lowest BCUT2D eigenvalue weighted by molar-refractivity contribution is 0.189. The fourth-order valence-electron chi connectivity index (χ4n) is 3.53. The number of thioether (sulfide) groups is 1. The lowest BCUT2D eigenvalue weighted by Gasteiger charge is -2.15. The highest BCUT2D eigenvalue weighted by Crippen LogP contribution is 2.35. The lowest BCUT2D eigenvalue weighted by Crippen LogP contribution is -2.18. The van der Waals surface area contributed by atoms with Crippen LogP contribution in [0.5, 0.6) is 0 Å². The minimum Gasteiger partial charge on any atom is -0.385 e. The third kappa shape index (κ3) is 4.87. The summed E-state index contributed by atoms with van der Waals surface area (Å²) in [6, 6.07) is 16.1. The third-order valence-electron chi connectivity index (χ3n) is 5.02. The zero-order chi connectivity index (χ0) is 21.8. The molecule has 0 fully saturated rings. The predicted molar refractivity (Wildman–Crippen MR) is 124 cm³/mol. The second kappa shape index (κ2) is 9.72. The number of halogens is 1. The van der Waals surface area contributed by atoms with E-state index in [0.717, 1.165) is 23.3 Å². The van der Waals surface area contributed by atoms with Gasteiger partial charge in [0.05, 0.1) is 16.3 Å². The quantitative estimate of drug-likeness (QED) is 0.295. The van der Waals surface area contributed by atoms with Crippen molar-refractivity contribution in [2.24, 2.45) is 0 Å². The molecule has 9 heteroatoms. The number of nitrogens with one attached hydrogen (secondary N) is 1. The number of nitrogens with zero attached hydrogens (tertiary/aromatic N) is 4. The molecule has 162 valence electrons. The van der Waals surface area contributed by atoms with E-state index in [2.05, 4.69) is 33.8 Å². The number of ether oxygens (including phenoxy) is 1. The maximum atomic E-state index is 12.2. The zero-order valence-electron chi connectivity index (χ0n) is 17.4. The first-order chi connectivity index (χ1) is 15.1. The molecule has 1 atom stereocenters. The standard InChI is InChI=1S/C22H24ClN5O2S/c1-15(31-22-26-25-21(29)27(22)11-6-12-30-2)20-24-18-13-17(23)9-10-19(18)28(20)14-16-7-4-3-5-8-16/h3-5,7-10,13,15H,6,11-12,14H2,1-2H3,(H,25,29). The Morgan fingerprint density at radius 1 is 1.19 bits per heavy atom. The monoisotopic (exact) mass is 457 g/mol. The molecule has 31 heavy (non-hydrogen) atoms. The largest absolute Gasteiger partial charge is 0.385 e. The summed E-state index contributed by atoms with van der Waals surface area (Å²) in [6.07, 6.45) is 0.739. The van der Waals surface area contributed by atoms with Gasteiger partial charge in [-0.2, -0.15) is 0 Å². The highest BCUT2D eigenvalue weighted by molar-refractivity contribution is 7.99. The third-order valence-corrected chi connectivity index (χ3v) is 6.34. The molecule has 4 aromatic rings. The van der Waals surface area contributed by atoms with E-state index in [-0.39, 0.29) is 10.9 Å². The Hall–Kier alpha value is -2.55. The van der Waals surface area contributed by atoms with Gasteiger partial charge in [-0.3, -0.25) is 4.57 Å². The Morgan fingerprint density at radius 2 is 2.00 bits per heavy atom. The van der Waals surface area contributed by atoms with E-state index in [1.165, 1.54) is 17.3 Å². The van der Waals surface area contributed by atoms with Crippen LogP contribution in [0.25, 0.3) is 11.0 Å². The van der Waals surface area contributed by atoms with Gasteiger partial charge >= 0.3 is 5.69 Å². The summed E-state index contributed by atoms with van der Waals surface area (Å²) in [5.41, 5.74) is 2.85. The molecule has 0 spiro atoms. The van der Waals surface area contributed by atoms with Crippen LogP contribution < -0.4 is 5.69 Å². The van der Waals surface area contributed by atoms with Crippen molar-refractivity contribution in [3.05, 3.63) is 75.4 Å². The highest BCUT2D eigenvalue weighted by atomic mass is 35.5. The van der Waals surface area contributed by atoms with Crippen molar-refractivity contribution in [3.8, 4) is 0 Å². The van der Waals surface area contributed by atoms with Crippen LogP contribution in [0.3, 0.4) is 0 Å². The molecule has 0 amide bonds. The fraction of sp³-hybridized carbons (Fsp3) is 0.318. The van der Waals surface area contributed by atoms with Gasteiger partial charge in [-0.05, 0) is 37.1 Å². The predicted octanol–water partition coefficient (Wildman–Crippen LogP) is 4.51. The second-order valence-corrected chi connectivity index (χ2v) is 8.99. The number of imidazole rings is 1. The second-order valence-electron chi connectivity index (χ2n) is 7.24. The van der Waals surface area contributed by atoms with E-state index in [0.29, 0.717) is 29.9 Å². The molecule has 2 aromatic carbocycles. The van der Waals surface area contributed by atoms with E-state index in [4.69, 9.17) is 21.3 Å². The molecule has 0 bridgehead atoms. The number of H-pyrrole nitrogens is 1. The van der Waals surface area contributed by atoms with E-state index in [1.807, 2.05) is 36.4 Å². The van der Waals surface area contributed by atoms with E-state index < -0.39 is 0 Å². The van der Waals surface area contributed by atoms with Crippen molar-refractivity contribution >= 4 is 34.4 Å². The number of fused-ring (bicyclic) bond motifs is 1. The first kappa shape index (κ1) is 21.7. The van der Waals surface area contributed by atoms with E-state index in [1.54, 1.807) is 11.7 Å². The first-order valence-electron chi connectivity index (χ1n) is 10.1. The van der Waals surface area contributed by atoms with Crippen molar-refractivity contribution in [2.75, 3.05) is 13.7 Å². The topological polar surface area (TPSA) is 77.7 Å². The number of hydrogen-bond acceptors (Lipinski definition) is 5. The van der Waals surface area contributed by atoms with Crippen LogP contribution >= 0.6 is 23.4 Å². The van der Waals surface area contributed by atoms with Gasteiger partial charge in [0.1, 0.15) is 5.82 Å². The summed E-state index contributed by atoms with van der Waals surface area (Å²) < 4.78 is 8.97. The van der Waals surface area contributed by atoms with Crippen molar-refractivity contribution < 1.29 is 4.74 Å². The molecule has 1 unspecified atom stereocenters. The Labute approximate surface area is 189 Å². The number of aromatic amines is 1.